The fraction of sp³-hybridized carbons (Fsp3) is 0.500. The van der Waals surface area contributed by atoms with Crippen molar-refractivity contribution in [3.8, 4) is 5.75 Å². The molecule has 21 heavy (non-hydrogen) atoms. The number of aromatic nitrogens is 2. The second kappa shape index (κ2) is 4.84. The van der Waals surface area contributed by atoms with Gasteiger partial charge in [-0.1, -0.05) is 17.3 Å². The van der Waals surface area contributed by atoms with E-state index < -0.39 is 0 Å². The van der Waals surface area contributed by atoms with Gasteiger partial charge in [0.1, 0.15) is 5.75 Å². The first-order valence-electron chi connectivity index (χ1n) is 7.56. The summed E-state index contributed by atoms with van der Waals surface area (Å²) in [6.45, 7) is 0. The molecule has 3 N–H and O–H groups in total. The van der Waals surface area contributed by atoms with Crippen molar-refractivity contribution < 1.29 is 9.63 Å². The highest BCUT2D eigenvalue weighted by atomic mass is 16.5. The lowest BCUT2D eigenvalue weighted by Crippen LogP contribution is -2.34. The van der Waals surface area contributed by atoms with Crippen LogP contribution in [0.4, 0.5) is 0 Å². The zero-order chi connectivity index (χ0) is 14.4. The van der Waals surface area contributed by atoms with Gasteiger partial charge in [-0.3, -0.25) is 0 Å². The summed E-state index contributed by atoms with van der Waals surface area (Å²) in [5.41, 5.74) is 7.37. The van der Waals surface area contributed by atoms with E-state index in [1.165, 1.54) is 19.3 Å². The van der Waals surface area contributed by atoms with E-state index in [-0.39, 0.29) is 17.7 Å². The molecule has 4 unspecified atom stereocenters. The first-order valence-corrected chi connectivity index (χ1v) is 7.56. The fourth-order valence-corrected chi connectivity index (χ4v) is 3.97. The summed E-state index contributed by atoms with van der Waals surface area (Å²) in [7, 11) is 0. The number of nitrogens with two attached hydrogens (primary N) is 1. The summed E-state index contributed by atoms with van der Waals surface area (Å²) in [5.74, 6) is 3.15. The molecule has 2 saturated carbocycles. The molecule has 2 bridgehead atoms. The number of hydrogen-bond donors (Lipinski definition) is 2. The predicted octanol–water partition coefficient (Wildman–Crippen LogP) is 2.21. The monoisotopic (exact) mass is 285 g/mol. The predicted molar refractivity (Wildman–Crippen MR) is 76.8 cm³/mol. The molecular formula is C16H19N3O2. The Labute approximate surface area is 123 Å². The van der Waals surface area contributed by atoms with E-state index in [2.05, 4.69) is 10.1 Å². The van der Waals surface area contributed by atoms with E-state index in [0.717, 1.165) is 5.56 Å². The van der Waals surface area contributed by atoms with Gasteiger partial charge < -0.3 is 15.4 Å². The Balaban J connectivity index is 1.52. The van der Waals surface area contributed by atoms with Crippen LogP contribution in [-0.2, 0) is 6.42 Å². The molecule has 110 valence electrons. The van der Waals surface area contributed by atoms with Crippen molar-refractivity contribution >= 4 is 0 Å². The quantitative estimate of drug-likeness (QED) is 0.903. The van der Waals surface area contributed by atoms with Crippen LogP contribution in [0.15, 0.2) is 28.8 Å². The summed E-state index contributed by atoms with van der Waals surface area (Å²) in [5, 5.41) is 13.4. The molecule has 4 rings (SSSR count). The second-order valence-corrected chi connectivity index (χ2v) is 6.33. The fourth-order valence-electron chi connectivity index (χ4n) is 3.97. The summed E-state index contributed by atoms with van der Waals surface area (Å²) in [6, 6.07) is 7.25. The van der Waals surface area contributed by atoms with Gasteiger partial charge in [0.15, 0.2) is 5.82 Å². The number of fused-ring (bicyclic) bond motifs is 2. The second-order valence-electron chi connectivity index (χ2n) is 6.33. The third-order valence-corrected chi connectivity index (χ3v) is 5.05. The largest absolute Gasteiger partial charge is 0.508 e. The van der Waals surface area contributed by atoms with Crippen molar-refractivity contribution in [2.45, 2.75) is 37.6 Å². The Morgan fingerprint density at radius 1 is 1.19 bits per heavy atom. The van der Waals surface area contributed by atoms with Gasteiger partial charge in [-0.25, -0.2) is 0 Å². The van der Waals surface area contributed by atoms with Gasteiger partial charge in [0, 0.05) is 12.5 Å². The first kappa shape index (κ1) is 12.8. The van der Waals surface area contributed by atoms with Crippen LogP contribution in [0.2, 0.25) is 0 Å². The van der Waals surface area contributed by atoms with Crippen molar-refractivity contribution in [3.63, 3.8) is 0 Å². The molecule has 0 radical (unpaired) electrons. The third-order valence-electron chi connectivity index (χ3n) is 5.05. The number of benzene rings is 1. The average molecular weight is 285 g/mol. The zero-order valence-electron chi connectivity index (χ0n) is 11.8. The standard InChI is InChI=1S/C16H19N3O2/c17-15-11-4-3-10(8-11)14(15)16-18-13(19-21-16)7-9-1-5-12(20)6-2-9/h1-2,5-6,10-11,14-15,20H,3-4,7-8,17H2. The van der Waals surface area contributed by atoms with Crippen LogP contribution in [0.1, 0.15) is 42.5 Å². The van der Waals surface area contributed by atoms with Crippen LogP contribution in [0.5, 0.6) is 5.75 Å². The lowest BCUT2D eigenvalue weighted by Gasteiger charge is -2.24. The van der Waals surface area contributed by atoms with Crippen LogP contribution in [0.3, 0.4) is 0 Å². The van der Waals surface area contributed by atoms with Crippen LogP contribution in [0.25, 0.3) is 0 Å². The number of nitrogens with zero attached hydrogens (tertiary/aromatic N) is 2. The molecular weight excluding hydrogens is 266 g/mol. The summed E-state index contributed by atoms with van der Waals surface area (Å²) >= 11 is 0. The number of phenols is 1. The molecule has 0 saturated heterocycles. The molecule has 5 nitrogen and oxygen atoms in total. The maximum absolute atomic E-state index is 9.30. The Hall–Kier alpha value is -1.88. The number of rotatable bonds is 3. The SMILES string of the molecule is NC1C2CCC(C2)C1c1nc(Cc2ccc(O)cc2)no1. The minimum absolute atomic E-state index is 0.172. The van der Waals surface area contributed by atoms with Gasteiger partial charge in [0.2, 0.25) is 5.89 Å². The van der Waals surface area contributed by atoms with E-state index in [0.29, 0.717) is 30.0 Å². The topological polar surface area (TPSA) is 85.2 Å². The molecule has 2 fully saturated rings. The lowest BCUT2D eigenvalue weighted by atomic mass is 9.85. The van der Waals surface area contributed by atoms with Crippen LogP contribution in [-0.4, -0.2) is 21.3 Å². The average Bonchev–Trinajstić information content (AvgIpc) is 3.17. The molecule has 4 atom stereocenters. The highest BCUT2D eigenvalue weighted by molar-refractivity contribution is 5.27. The van der Waals surface area contributed by atoms with E-state index in [1.807, 2.05) is 12.1 Å². The molecule has 2 aliphatic rings. The normalized spacial score (nSPS) is 30.9. The minimum Gasteiger partial charge on any atom is -0.508 e. The Kier molecular flexibility index (Phi) is 2.96. The van der Waals surface area contributed by atoms with Crippen molar-refractivity contribution in [2.75, 3.05) is 0 Å². The van der Waals surface area contributed by atoms with Crippen molar-refractivity contribution in [1.29, 1.82) is 0 Å². The summed E-state index contributed by atoms with van der Waals surface area (Å²) < 4.78 is 5.48. The summed E-state index contributed by atoms with van der Waals surface area (Å²) in [6.07, 6.45) is 4.30. The molecule has 0 amide bonds. The molecule has 0 aliphatic heterocycles. The van der Waals surface area contributed by atoms with E-state index in [9.17, 15) is 5.11 Å². The first-order chi connectivity index (χ1) is 10.2. The van der Waals surface area contributed by atoms with Crippen molar-refractivity contribution in [1.82, 2.24) is 10.1 Å². The van der Waals surface area contributed by atoms with Crippen LogP contribution in [0, 0.1) is 11.8 Å². The highest BCUT2D eigenvalue weighted by Crippen LogP contribution is 2.51. The van der Waals surface area contributed by atoms with E-state index >= 15 is 0 Å². The molecule has 1 aromatic heterocycles. The molecule has 1 aromatic carbocycles. The van der Waals surface area contributed by atoms with Crippen LogP contribution >= 0.6 is 0 Å². The lowest BCUT2D eigenvalue weighted by molar-refractivity contribution is 0.278. The van der Waals surface area contributed by atoms with Gasteiger partial charge in [0.25, 0.3) is 0 Å². The van der Waals surface area contributed by atoms with Gasteiger partial charge >= 0.3 is 0 Å². The highest BCUT2D eigenvalue weighted by Gasteiger charge is 2.48. The molecule has 2 aliphatic carbocycles. The maximum Gasteiger partial charge on any atom is 0.231 e. The summed E-state index contributed by atoms with van der Waals surface area (Å²) in [4.78, 5) is 4.56. The van der Waals surface area contributed by atoms with Crippen molar-refractivity contribution in [3.05, 3.63) is 41.5 Å². The van der Waals surface area contributed by atoms with E-state index in [4.69, 9.17) is 10.3 Å². The Morgan fingerprint density at radius 2 is 1.95 bits per heavy atom. The van der Waals surface area contributed by atoms with Crippen molar-refractivity contribution in [2.24, 2.45) is 17.6 Å². The van der Waals surface area contributed by atoms with Gasteiger partial charge in [-0.2, -0.15) is 4.98 Å². The van der Waals surface area contributed by atoms with E-state index in [1.54, 1.807) is 12.1 Å². The molecule has 0 spiro atoms. The van der Waals surface area contributed by atoms with Gasteiger partial charge in [0.05, 0.1) is 5.92 Å². The molecule has 5 heteroatoms. The van der Waals surface area contributed by atoms with Gasteiger partial charge in [-0.15, -0.1) is 0 Å². The number of aromatic hydroxyl groups is 1. The Morgan fingerprint density at radius 3 is 2.67 bits per heavy atom. The maximum atomic E-state index is 9.30. The number of hydrogen-bond acceptors (Lipinski definition) is 5. The van der Waals surface area contributed by atoms with Gasteiger partial charge in [-0.05, 0) is 48.8 Å². The minimum atomic E-state index is 0.172. The third kappa shape index (κ3) is 2.21. The number of phenolic OH excluding ortho intramolecular Hbond substituents is 1. The molecule has 1 heterocycles. The zero-order valence-corrected chi connectivity index (χ0v) is 11.8. The smallest absolute Gasteiger partial charge is 0.231 e. The molecule has 2 aromatic rings. The van der Waals surface area contributed by atoms with Crippen LogP contribution < -0.4 is 5.73 Å². The Bertz CT molecular complexity index is 635.